The summed E-state index contributed by atoms with van der Waals surface area (Å²) in [4.78, 5) is 7.76. The number of nitrogens with one attached hydrogen (secondary N) is 2. The second kappa shape index (κ2) is 4.65. The maximum absolute atomic E-state index is 5.20. The fourth-order valence-corrected chi connectivity index (χ4v) is 2.02. The van der Waals surface area contributed by atoms with Crippen LogP contribution in [0.4, 0.5) is 11.6 Å². The lowest BCUT2D eigenvalue weighted by molar-refractivity contribution is 0.415. The molecule has 0 atom stereocenters. The molecule has 2 N–H and O–H groups in total. The Morgan fingerprint density at radius 3 is 2.89 bits per heavy atom. The van der Waals surface area contributed by atoms with Gasteiger partial charge in [-0.2, -0.15) is 0 Å². The van der Waals surface area contributed by atoms with Crippen molar-refractivity contribution in [3.05, 3.63) is 48.0 Å². The number of ether oxygens (including phenoxy) is 1. The molecule has 4 heteroatoms. The third-order valence-electron chi connectivity index (χ3n) is 2.97. The number of methoxy groups -OCH3 is 1. The first-order valence-electron chi connectivity index (χ1n) is 6.12. The summed E-state index contributed by atoms with van der Waals surface area (Å²) in [7, 11) is 1.66. The van der Waals surface area contributed by atoms with Gasteiger partial charge in [0.25, 0.3) is 0 Å². The van der Waals surface area contributed by atoms with Crippen molar-refractivity contribution in [2.24, 2.45) is 0 Å². The van der Waals surface area contributed by atoms with Crippen LogP contribution in [0.1, 0.15) is 5.56 Å². The Morgan fingerprint density at radius 1 is 1.16 bits per heavy atom. The summed E-state index contributed by atoms with van der Waals surface area (Å²) < 4.78 is 5.20. The number of nitrogens with zero attached hydrogens (tertiary/aromatic N) is 1. The quantitative estimate of drug-likeness (QED) is 0.749. The van der Waals surface area contributed by atoms with Gasteiger partial charge in [-0.1, -0.05) is 12.1 Å². The van der Waals surface area contributed by atoms with E-state index in [0.717, 1.165) is 28.4 Å². The summed E-state index contributed by atoms with van der Waals surface area (Å²) >= 11 is 0. The topological polar surface area (TPSA) is 49.9 Å². The molecule has 0 aliphatic heterocycles. The Kier molecular flexibility index (Phi) is 2.83. The Morgan fingerprint density at radius 2 is 2.05 bits per heavy atom. The van der Waals surface area contributed by atoms with E-state index in [1.807, 2.05) is 30.3 Å². The highest BCUT2D eigenvalue weighted by molar-refractivity contribution is 5.79. The summed E-state index contributed by atoms with van der Waals surface area (Å²) in [5.41, 5.74) is 4.14. The van der Waals surface area contributed by atoms with Crippen LogP contribution in [0.2, 0.25) is 0 Å². The first kappa shape index (κ1) is 11.6. The van der Waals surface area contributed by atoms with E-state index in [1.54, 1.807) is 7.11 Å². The van der Waals surface area contributed by atoms with Gasteiger partial charge in [0, 0.05) is 11.8 Å². The summed E-state index contributed by atoms with van der Waals surface area (Å²) in [5, 5.41) is 3.24. The Hall–Kier alpha value is -2.49. The molecule has 0 amide bonds. The lowest BCUT2D eigenvalue weighted by Crippen LogP contribution is -1.92. The fraction of sp³-hybridized carbons (Fsp3) is 0.133. The van der Waals surface area contributed by atoms with Crippen LogP contribution >= 0.6 is 0 Å². The Balaban J connectivity index is 1.92. The molecule has 0 aliphatic rings. The fourth-order valence-electron chi connectivity index (χ4n) is 2.02. The summed E-state index contributed by atoms with van der Waals surface area (Å²) in [6.07, 6.45) is 0. The molecular weight excluding hydrogens is 238 g/mol. The maximum Gasteiger partial charge on any atom is 0.205 e. The van der Waals surface area contributed by atoms with Gasteiger partial charge in [0.1, 0.15) is 5.75 Å². The predicted molar refractivity (Wildman–Crippen MR) is 77.1 cm³/mol. The minimum Gasteiger partial charge on any atom is -0.497 e. The number of aromatic amines is 1. The van der Waals surface area contributed by atoms with Crippen LogP contribution in [0, 0.1) is 6.92 Å². The largest absolute Gasteiger partial charge is 0.497 e. The number of hydrogen-bond donors (Lipinski definition) is 2. The van der Waals surface area contributed by atoms with Crippen molar-refractivity contribution < 1.29 is 4.74 Å². The molecule has 1 aromatic heterocycles. The molecule has 2 aromatic carbocycles. The van der Waals surface area contributed by atoms with E-state index < -0.39 is 0 Å². The number of fused-ring (bicyclic) bond motifs is 1. The van der Waals surface area contributed by atoms with Gasteiger partial charge in [-0.15, -0.1) is 0 Å². The number of H-pyrrole nitrogens is 1. The average molecular weight is 253 g/mol. The summed E-state index contributed by atoms with van der Waals surface area (Å²) in [5.74, 6) is 1.55. The molecule has 19 heavy (non-hydrogen) atoms. The monoisotopic (exact) mass is 253 g/mol. The molecule has 0 fully saturated rings. The SMILES string of the molecule is COc1cccc(Nc2nc3ccc(C)cc3[nH]2)c1. The zero-order valence-corrected chi connectivity index (χ0v) is 10.9. The van der Waals surface area contributed by atoms with Gasteiger partial charge in [-0.3, -0.25) is 0 Å². The highest BCUT2D eigenvalue weighted by Gasteiger charge is 2.03. The van der Waals surface area contributed by atoms with Gasteiger partial charge in [0.15, 0.2) is 0 Å². The van der Waals surface area contributed by atoms with Crippen LogP contribution in [0.3, 0.4) is 0 Å². The van der Waals surface area contributed by atoms with Crippen LogP contribution in [0.5, 0.6) is 5.75 Å². The zero-order chi connectivity index (χ0) is 13.2. The maximum atomic E-state index is 5.20. The van der Waals surface area contributed by atoms with Gasteiger partial charge in [-0.25, -0.2) is 4.98 Å². The molecular formula is C15H15N3O. The van der Waals surface area contributed by atoms with Gasteiger partial charge in [0.2, 0.25) is 5.95 Å². The minimum absolute atomic E-state index is 0.730. The van der Waals surface area contributed by atoms with E-state index >= 15 is 0 Å². The van der Waals surface area contributed by atoms with Crippen molar-refractivity contribution in [1.29, 1.82) is 0 Å². The van der Waals surface area contributed by atoms with Crippen molar-refractivity contribution >= 4 is 22.7 Å². The van der Waals surface area contributed by atoms with Crippen LogP contribution in [0.25, 0.3) is 11.0 Å². The first-order chi connectivity index (χ1) is 9.24. The lowest BCUT2D eigenvalue weighted by Gasteiger charge is -2.04. The first-order valence-corrected chi connectivity index (χ1v) is 6.12. The van der Waals surface area contributed by atoms with Crippen LogP contribution < -0.4 is 10.1 Å². The Bertz CT molecular complexity index is 718. The van der Waals surface area contributed by atoms with Gasteiger partial charge in [0.05, 0.1) is 18.1 Å². The molecule has 0 aliphatic carbocycles. The number of anilines is 2. The van der Waals surface area contributed by atoms with Gasteiger partial charge in [-0.05, 0) is 36.8 Å². The van der Waals surface area contributed by atoms with E-state index in [-0.39, 0.29) is 0 Å². The van der Waals surface area contributed by atoms with Crippen molar-refractivity contribution in [1.82, 2.24) is 9.97 Å². The normalized spacial score (nSPS) is 10.6. The van der Waals surface area contributed by atoms with Crippen LogP contribution in [-0.4, -0.2) is 17.1 Å². The highest BCUT2D eigenvalue weighted by atomic mass is 16.5. The van der Waals surface area contributed by atoms with E-state index in [9.17, 15) is 0 Å². The van der Waals surface area contributed by atoms with Crippen LogP contribution in [0.15, 0.2) is 42.5 Å². The molecule has 0 unspecified atom stereocenters. The molecule has 1 heterocycles. The molecule has 3 aromatic rings. The smallest absolute Gasteiger partial charge is 0.205 e. The minimum atomic E-state index is 0.730. The molecule has 96 valence electrons. The number of aromatic nitrogens is 2. The van der Waals surface area contributed by atoms with E-state index in [0.29, 0.717) is 0 Å². The lowest BCUT2D eigenvalue weighted by atomic mass is 10.2. The summed E-state index contributed by atoms with van der Waals surface area (Å²) in [6.45, 7) is 2.06. The number of aryl methyl sites for hydroxylation is 1. The number of imidazole rings is 1. The Labute approximate surface area is 111 Å². The zero-order valence-electron chi connectivity index (χ0n) is 10.9. The summed E-state index contributed by atoms with van der Waals surface area (Å²) in [6, 6.07) is 13.9. The van der Waals surface area contributed by atoms with Gasteiger partial charge < -0.3 is 15.0 Å². The number of hydrogen-bond acceptors (Lipinski definition) is 3. The van der Waals surface area contributed by atoms with Gasteiger partial charge >= 0.3 is 0 Å². The van der Waals surface area contributed by atoms with Crippen LogP contribution in [-0.2, 0) is 0 Å². The average Bonchev–Trinajstić information content (AvgIpc) is 2.80. The number of benzene rings is 2. The third kappa shape index (κ3) is 2.38. The van der Waals surface area contributed by atoms with Crippen molar-refractivity contribution in [2.45, 2.75) is 6.92 Å². The molecule has 0 bridgehead atoms. The second-order valence-electron chi connectivity index (χ2n) is 4.46. The standard InChI is InChI=1S/C15H15N3O/c1-10-6-7-13-14(8-10)18-15(17-13)16-11-4-3-5-12(9-11)19-2/h3-9H,1-2H3,(H2,16,17,18). The van der Waals surface area contributed by atoms with E-state index in [4.69, 9.17) is 4.74 Å². The second-order valence-corrected chi connectivity index (χ2v) is 4.46. The van der Waals surface area contributed by atoms with Crippen molar-refractivity contribution in [3.8, 4) is 5.75 Å². The van der Waals surface area contributed by atoms with E-state index in [1.165, 1.54) is 5.56 Å². The molecule has 0 radical (unpaired) electrons. The third-order valence-corrected chi connectivity index (χ3v) is 2.97. The van der Waals surface area contributed by atoms with Crippen molar-refractivity contribution in [2.75, 3.05) is 12.4 Å². The highest BCUT2D eigenvalue weighted by Crippen LogP contribution is 2.22. The molecule has 0 saturated heterocycles. The molecule has 0 saturated carbocycles. The number of rotatable bonds is 3. The van der Waals surface area contributed by atoms with Crippen molar-refractivity contribution in [3.63, 3.8) is 0 Å². The molecule has 0 spiro atoms. The molecule has 4 nitrogen and oxygen atoms in total. The predicted octanol–water partition coefficient (Wildman–Crippen LogP) is 3.62. The van der Waals surface area contributed by atoms with E-state index in [2.05, 4.69) is 34.3 Å². The molecule has 3 rings (SSSR count).